The second-order valence-corrected chi connectivity index (χ2v) is 15.9. The molecule has 0 aromatic rings. The SMILES string of the molecule is CCCCCCCC/C=C\CCCCCCCC(=O)OC1[C@@H](COC(=O)CCN(C)C)O[C@@H](O)[C@H]1OC(=O)CCCCCCC/C=C\CCCCCCCC. The van der Waals surface area contributed by atoms with Crippen LogP contribution in [0, 0.1) is 0 Å². The molecule has 9 heteroatoms. The van der Waals surface area contributed by atoms with Crippen LogP contribution in [0.5, 0.6) is 0 Å². The summed E-state index contributed by atoms with van der Waals surface area (Å²) < 4.78 is 22.5. The Hall–Kier alpha value is -2.23. The van der Waals surface area contributed by atoms with Crippen molar-refractivity contribution in [3.63, 3.8) is 0 Å². The van der Waals surface area contributed by atoms with E-state index >= 15 is 0 Å². The van der Waals surface area contributed by atoms with Crippen LogP contribution in [0.1, 0.15) is 200 Å². The topological polar surface area (TPSA) is 112 Å². The molecule has 1 fully saturated rings. The molecule has 1 aliphatic heterocycles. The molecule has 1 rings (SSSR count). The maximum Gasteiger partial charge on any atom is 0.307 e. The highest BCUT2D eigenvalue weighted by Gasteiger charge is 2.49. The van der Waals surface area contributed by atoms with Crippen LogP contribution < -0.4 is 0 Å². The van der Waals surface area contributed by atoms with E-state index < -0.39 is 42.5 Å². The molecule has 0 aromatic heterocycles. The number of nitrogens with zero attached hydrogens (tertiary/aromatic N) is 1. The van der Waals surface area contributed by atoms with Gasteiger partial charge in [0, 0.05) is 19.4 Å². The van der Waals surface area contributed by atoms with Crippen LogP contribution in [0.4, 0.5) is 0 Å². The molecular formula is C46H83NO8. The van der Waals surface area contributed by atoms with Gasteiger partial charge in [-0.3, -0.25) is 14.4 Å². The molecule has 1 unspecified atom stereocenters. The number of aliphatic hydroxyl groups is 1. The minimum atomic E-state index is -1.49. The molecule has 0 saturated carbocycles. The minimum Gasteiger partial charge on any atom is -0.463 e. The number of unbranched alkanes of at least 4 members (excludes halogenated alkanes) is 22. The quantitative estimate of drug-likeness (QED) is 0.0285. The predicted octanol–water partition coefficient (Wildman–Crippen LogP) is 11.1. The fraction of sp³-hybridized carbons (Fsp3) is 0.848. The lowest BCUT2D eigenvalue weighted by atomic mass is 10.1. The number of hydrogen-bond donors (Lipinski definition) is 1. The molecule has 1 N–H and O–H groups in total. The highest BCUT2D eigenvalue weighted by molar-refractivity contribution is 5.71. The maximum absolute atomic E-state index is 12.9. The maximum atomic E-state index is 12.9. The van der Waals surface area contributed by atoms with Crippen molar-refractivity contribution >= 4 is 17.9 Å². The number of esters is 3. The van der Waals surface area contributed by atoms with E-state index in [2.05, 4.69) is 38.2 Å². The van der Waals surface area contributed by atoms with Crippen LogP contribution >= 0.6 is 0 Å². The van der Waals surface area contributed by atoms with E-state index in [1.807, 2.05) is 19.0 Å². The van der Waals surface area contributed by atoms with E-state index in [1.165, 1.54) is 89.9 Å². The molecule has 0 aromatic carbocycles. The summed E-state index contributed by atoms with van der Waals surface area (Å²) in [5, 5.41) is 10.7. The number of carbonyl (C=O) groups is 3. The summed E-state index contributed by atoms with van der Waals surface area (Å²) in [4.78, 5) is 39.9. The molecule has 320 valence electrons. The molecule has 0 bridgehead atoms. The molecule has 1 saturated heterocycles. The summed E-state index contributed by atoms with van der Waals surface area (Å²) in [6, 6.07) is 0. The average Bonchev–Trinajstić information content (AvgIpc) is 3.45. The number of hydrogen-bond acceptors (Lipinski definition) is 9. The van der Waals surface area contributed by atoms with Crippen LogP contribution in [-0.4, -0.2) is 79.8 Å². The average molecular weight is 778 g/mol. The molecule has 1 heterocycles. The lowest BCUT2D eigenvalue weighted by Crippen LogP contribution is -2.42. The molecule has 0 amide bonds. The minimum absolute atomic E-state index is 0.191. The van der Waals surface area contributed by atoms with E-state index in [-0.39, 0.29) is 25.9 Å². The lowest BCUT2D eigenvalue weighted by molar-refractivity contribution is -0.177. The third-order valence-electron chi connectivity index (χ3n) is 10.3. The first kappa shape index (κ1) is 50.8. The molecular weight excluding hydrogens is 695 g/mol. The monoisotopic (exact) mass is 778 g/mol. The Morgan fingerprint density at radius 3 is 1.33 bits per heavy atom. The summed E-state index contributed by atoms with van der Waals surface area (Å²) in [5.41, 5.74) is 0. The van der Waals surface area contributed by atoms with Gasteiger partial charge in [-0.15, -0.1) is 0 Å². The second kappa shape index (κ2) is 36.1. The number of carbonyl (C=O) groups excluding carboxylic acids is 3. The first-order valence-corrected chi connectivity index (χ1v) is 22.6. The van der Waals surface area contributed by atoms with Gasteiger partial charge in [-0.05, 0) is 78.3 Å². The molecule has 55 heavy (non-hydrogen) atoms. The van der Waals surface area contributed by atoms with E-state index in [0.29, 0.717) is 19.4 Å². The molecule has 0 radical (unpaired) electrons. The highest BCUT2D eigenvalue weighted by atomic mass is 16.7. The number of ether oxygens (including phenoxy) is 4. The van der Waals surface area contributed by atoms with Crippen LogP contribution in [0.3, 0.4) is 0 Å². The van der Waals surface area contributed by atoms with Crippen molar-refractivity contribution in [3.05, 3.63) is 24.3 Å². The Labute approximate surface area is 336 Å². The van der Waals surface area contributed by atoms with Gasteiger partial charge in [-0.1, -0.05) is 141 Å². The fourth-order valence-electron chi connectivity index (χ4n) is 6.77. The van der Waals surface area contributed by atoms with Crippen molar-refractivity contribution in [2.45, 2.75) is 225 Å². The Morgan fingerprint density at radius 2 is 0.909 bits per heavy atom. The van der Waals surface area contributed by atoms with Gasteiger partial charge in [-0.25, -0.2) is 0 Å². The summed E-state index contributed by atoms with van der Waals surface area (Å²) in [6.07, 6.45) is 35.5. The van der Waals surface area contributed by atoms with Crippen molar-refractivity contribution in [1.29, 1.82) is 0 Å². The lowest BCUT2D eigenvalue weighted by Gasteiger charge is -2.23. The van der Waals surface area contributed by atoms with Crippen LogP contribution in [0.15, 0.2) is 24.3 Å². The molecule has 4 atom stereocenters. The van der Waals surface area contributed by atoms with Crippen LogP contribution in [0.2, 0.25) is 0 Å². The standard InChI is InChI=1S/C46H83NO8/c1-5-7-9-11-13-15-17-19-21-23-25-27-29-31-33-35-42(49)54-44-40(39-52-41(48)37-38-47(3)4)53-46(51)45(44)55-43(50)36-34-32-30-28-26-24-22-20-18-16-14-12-10-8-6-2/h19-22,40,44-46,51H,5-18,23-39H2,1-4H3/b21-19-,22-20-/t40-,44?,45+,46-/m1/s1. The van der Waals surface area contributed by atoms with E-state index in [1.54, 1.807) is 0 Å². The largest absolute Gasteiger partial charge is 0.463 e. The summed E-state index contributed by atoms with van der Waals surface area (Å²) in [5.74, 6) is -1.33. The Morgan fingerprint density at radius 1 is 0.527 bits per heavy atom. The third-order valence-corrected chi connectivity index (χ3v) is 10.3. The van der Waals surface area contributed by atoms with Gasteiger partial charge in [0.05, 0.1) is 6.42 Å². The fourth-order valence-corrected chi connectivity index (χ4v) is 6.77. The van der Waals surface area contributed by atoms with E-state index in [9.17, 15) is 19.5 Å². The number of aliphatic hydroxyl groups excluding tert-OH is 1. The van der Waals surface area contributed by atoms with Gasteiger partial charge in [0.15, 0.2) is 18.5 Å². The first-order chi connectivity index (χ1) is 26.8. The zero-order valence-electron chi connectivity index (χ0n) is 35.8. The van der Waals surface area contributed by atoms with Gasteiger partial charge in [0.25, 0.3) is 0 Å². The zero-order chi connectivity index (χ0) is 40.2. The highest BCUT2D eigenvalue weighted by Crippen LogP contribution is 2.27. The first-order valence-electron chi connectivity index (χ1n) is 22.6. The van der Waals surface area contributed by atoms with Gasteiger partial charge < -0.3 is 29.0 Å². The number of allylic oxidation sites excluding steroid dienone is 4. The second-order valence-electron chi connectivity index (χ2n) is 15.9. The normalized spacial score (nSPS) is 18.5. The Kier molecular flexibility index (Phi) is 33.4. The van der Waals surface area contributed by atoms with Crippen molar-refractivity contribution in [1.82, 2.24) is 4.90 Å². The van der Waals surface area contributed by atoms with Crippen LogP contribution in [0.25, 0.3) is 0 Å². The molecule has 0 spiro atoms. The van der Waals surface area contributed by atoms with E-state index in [4.69, 9.17) is 18.9 Å². The Bertz CT molecular complexity index is 998. The van der Waals surface area contributed by atoms with Crippen molar-refractivity contribution in [3.8, 4) is 0 Å². The van der Waals surface area contributed by atoms with Crippen molar-refractivity contribution < 1.29 is 38.4 Å². The molecule has 0 aliphatic carbocycles. The van der Waals surface area contributed by atoms with Gasteiger partial charge in [-0.2, -0.15) is 0 Å². The molecule has 9 nitrogen and oxygen atoms in total. The van der Waals surface area contributed by atoms with Gasteiger partial charge in [0.1, 0.15) is 12.7 Å². The third kappa shape index (κ3) is 29.6. The van der Waals surface area contributed by atoms with Crippen LogP contribution in [-0.2, 0) is 33.3 Å². The summed E-state index contributed by atoms with van der Waals surface area (Å²) in [6.45, 7) is 4.81. The molecule has 1 aliphatic rings. The summed E-state index contributed by atoms with van der Waals surface area (Å²) >= 11 is 0. The zero-order valence-corrected chi connectivity index (χ0v) is 35.8. The predicted molar refractivity (Wildman–Crippen MR) is 224 cm³/mol. The van der Waals surface area contributed by atoms with Crippen molar-refractivity contribution in [2.24, 2.45) is 0 Å². The van der Waals surface area contributed by atoms with Gasteiger partial charge in [0.2, 0.25) is 0 Å². The van der Waals surface area contributed by atoms with Gasteiger partial charge >= 0.3 is 17.9 Å². The smallest absolute Gasteiger partial charge is 0.307 e. The number of rotatable bonds is 37. The van der Waals surface area contributed by atoms with E-state index in [0.717, 1.165) is 64.2 Å². The van der Waals surface area contributed by atoms with Crippen molar-refractivity contribution in [2.75, 3.05) is 27.2 Å². The summed E-state index contributed by atoms with van der Waals surface area (Å²) in [7, 11) is 3.73. The Balaban J connectivity index is 2.40.